The van der Waals surface area contributed by atoms with Crippen molar-refractivity contribution in [2.45, 2.75) is 77.4 Å². The highest BCUT2D eigenvalue weighted by Crippen LogP contribution is 2.37. The third-order valence-electron chi connectivity index (χ3n) is 8.54. The van der Waals surface area contributed by atoms with E-state index in [-0.39, 0.29) is 12.5 Å². The standard InChI is InChI=1S/C37H41N3O4/c1-4-25-5-9-27(10-6-25)28-13-15-29(16-14-28)32-22-38-35(39-23-32)30-11-7-26(8-12-30)21-34(37(42)43)40-36(41)31-17-19-33(20-18-31)44-24(2)3/h7-8,11-20,22-25,27,34H,4-6,9-10,21H2,1-3H3,(H,40,41)(H,42,43)/t25-,27-,34-/m0/s1. The van der Waals surface area contributed by atoms with E-state index in [1.807, 2.05) is 50.5 Å². The number of carboxylic acid groups (broad SMARTS) is 1. The first-order chi connectivity index (χ1) is 21.3. The molecule has 0 spiro atoms. The van der Waals surface area contributed by atoms with Crippen LogP contribution in [-0.2, 0) is 11.2 Å². The zero-order chi connectivity index (χ0) is 31.1. The van der Waals surface area contributed by atoms with Crippen molar-refractivity contribution >= 4 is 11.9 Å². The zero-order valence-electron chi connectivity index (χ0n) is 25.7. The molecule has 228 valence electrons. The number of aromatic nitrogens is 2. The second kappa shape index (κ2) is 14.3. The normalized spacial score (nSPS) is 17.2. The Bertz CT molecular complexity index is 1520. The lowest BCUT2D eigenvalue weighted by Gasteiger charge is -2.28. The average Bonchev–Trinajstić information content (AvgIpc) is 3.05. The highest BCUT2D eigenvalue weighted by atomic mass is 16.5. The summed E-state index contributed by atoms with van der Waals surface area (Å²) < 4.78 is 5.61. The first-order valence-corrected chi connectivity index (χ1v) is 15.6. The molecular formula is C37H41N3O4. The Morgan fingerprint density at radius 1 is 0.841 bits per heavy atom. The summed E-state index contributed by atoms with van der Waals surface area (Å²) >= 11 is 0. The maximum Gasteiger partial charge on any atom is 0.326 e. The Kier molecular flexibility index (Phi) is 10.1. The number of aliphatic carboxylic acids is 1. The molecule has 0 unspecified atom stereocenters. The fraction of sp³-hybridized carbons (Fsp3) is 0.351. The van der Waals surface area contributed by atoms with Crippen LogP contribution >= 0.6 is 0 Å². The third kappa shape index (κ3) is 7.90. The van der Waals surface area contributed by atoms with Crippen molar-refractivity contribution in [3.05, 3.63) is 102 Å². The summed E-state index contributed by atoms with van der Waals surface area (Å²) in [6.07, 6.45) is 10.4. The summed E-state index contributed by atoms with van der Waals surface area (Å²) in [6.45, 7) is 6.15. The van der Waals surface area contributed by atoms with Crippen LogP contribution in [0.5, 0.6) is 5.75 Å². The molecule has 1 amide bonds. The number of hydrogen-bond acceptors (Lipinski definition) is 5. The van der Waals surface area contributed by atoms with Gasteiger partial charge in [0.1, 0.15) is 11.8 Å². The number of rotatable bonds is 11. The number of nitrogens with zero attached hydrogens (tertiary/aromatic N) is 2. The van der Waals surface area contributed by atoms with Crippen LogP contribution in [0.4, 0.5) is 0 Å². The highest BCUT2D eigenvalue weighted by Gasteiger charge is 2.22. The summed E-state index contributed by atoms with van der Waals surface area (Å²) in [6, 6.07) is 21.9. The largest absolute Gasteiger partial charge is 0.491 e. The van der Waals surface area contributed by atoms with Crippen LogP contribution in [0.1, 0.15) is 80.3 Å². The zero-order valence-corrected chi connectivity index (χ0v) is 25.7. The van der Waals surface area contributed by atoms with Crippen LogP contribution in [0.25, 0.3) is 22.5 Å². The number of carbonyl (C=O) groups is 2. The molecule has 0 radical (unpaired) electrons. The van der Waals surface area contributed by atoms with Crippen molar-refractivity contribution in [1.29, 1.82) is 0 Å². The van der Waals surface area contributed by atoms with E-state index in [1.54, 1.807) is 24.3 Å². The predicted molar refractivity (Wildman–Crippen MR) is 173 cm³/mol. The van der Waals surface area contributed by atoms with E-state index < -0.39 is 17.9 Å². The minimum atomic E-state index is -1.10. The second-order valence-corrected chi connectivity index (χ2v) is 12.0. The van der Waals surface area contributed by atoms with Crippen molar-refractivity contribution < 1.29 is 19.4 Å². The summed E-state index contributed by atoms with van der Waals surface area (Å²) in [5.41, 5.74) is 5.47. The van der Waals surface area contributed by atoms with E-state index in [1.165, 1.54) is 37.7 Å². The molecule has 7 heteroatoms. The monoisotopic (exact) mass is 591 g/mol. The van der Waals surface area contributed by atoms with Crippen LogP contribution in [0.15, 0.2) is 85.2 Å². The molecule has 1 aromatic heterocycles. The minimum Gasteiger partial charge on any atom is -0.491 e. The van der Waals surface area contributed by atoms with Crippen LogP contribution < -0.4 is 10.1 Å². The molecule has 0 aliphatic heterocycles. The van der Waals surface area contributed by atoms with Gasteiger partial charge >= 0.3 is 5.97 Å². The smallest absolute Gasteiger partial charge is 0.326 e. The van der Waals surface area contributed by atoms with Gasteiger partial charge in [0.2, 0.25) is 0 Å². The van der Waals surface area contributed by atoms with Crippen LogP contribution in [-0.4, -0.2) is 39.1 Å². The van der Waals surface area contributed by atoms with Crippen LogP contribution in [0.2, 0.25) is 0 Å². The molecule has 1 saturated carbocycles. The summed E-state index contributed by atoms with van der Waals surface area (Å²) in [7, 11) is 0. The lowest BCUT2D eigenvalue weighted by molar-refractivity contribution is -0.139. The number of carbonyl (C=O) groups excluding carboxylic acids is 1. The molecule has 5 rings (SSSR count). The maximum absolute atomic E-state index is 12.7. The van der Waals surface area contributed by atoms with Gasteiger partial charge in [-0.05, 0) is 92.3 Å². The number of ether oxygens (including phenoxy) is 1. The molecule has 1 heterocycles. The molecule has 1 aliphatic carbocycles. The van der Waals surface area contributed by atoms with E-state index in [0.29, 0.717) is 23.1 Å². The Morgan fingerprint density at radius 3 is 2.02 bits per heavy atom. The number of amides is 1. The van der Waals surface area contributed by atoms with E-state index >= 15 is 0 Å². The third-order valence-corrected chi connectivity index (χ3v) is 8.54. The Hall–Kier alpha value is -4.52. The Morgan fingerprint density at radius 2 is 1.45 bits per heavy atom. The fourth-order valence-electron chi connectivity index (χ4n) is 5.90. The van der Waals surface area contributed by atoms with Gasteiger partial charge in [0.25, 0.3) is 5.91 Å². The van der Waals surface area contributed by atoms with Gasteiger partial charge in [-0.2, -0.15) is 0 Å². The number of benzene rings is 3. The van der Waals surface area contributed by atoms with Gasteiger partial charge in [0.05, 0.1) is 6.10 Å². The lowest BCUT2D eigenvalue weighted by atomic mass is 9.78. The van der Waals surface area contributed by atoms with Gasteiger partial charge < -0.3 is 15.2 Å². The molecule has 3 aromatic carbocycles. The van der Waals surface area contributed by atoms with Crippen LogP contribution in [0, 0.1) is 5.92 Å². The van der Waals surface area contributed by atoms with Crippen molar-refractivity contribution in [2.75, 3.05) is 0 Å². The molecular weight excluding hydrogens is 550 g/mol. The Labute approximate surface area is 259 Å². The molecule has 7 nitrogen and oxygen atoms in total. The molecule has 1 fully saturated rings. The summed E-state index contributed by atoms with van der Waals surface area (Å²) in [5.74, 6) is 1.26. The van der Waals surface area contributed by atoms with Crippen molar-refractivity contribution in [3.63, 3.8) is 0 Å². The molecule has 0 saturated heterocycles. The fourth-order valence-corrected chi connectivity index (χ4v) is 5.90. The SMILES string of the molecule is CC[C@H]1CC[C@H](c2ccc(-c3cnc(-c4ccc(C[C@H](NC(=O)c5ccc(OC(C)C)cc5)C(=O)O)cc4)nc3)cc2)CC1. The summed E-state index contributed by atoms with van der Waals surface area (Å²) in [4.78, 5) is 33.9. The number of hydrogen-bond donors (Lipinski definition) is 2. The van der Waals surface area contributed by atoms with E-state index in [0.717, 1.165) is 28.2 Å². The molecule has 0 bridgehead atoms. The van der Waals surface area contributed by atoms with Crippen molar-refractivity contribution in [3.8, 4) is 28.3 Å². The molecule has 2 N–H and O–H groups in total. The van der Waals surface area contributed by atoms with Crippen molar-refractivity contribution in [1.82, 2.24) is 15.3 Å². The molecule has 1 atom stereocenters. The maximum atomic E-state index is 12.7. The Balaban J connectivity index is 1.18. The minimum absolute atomic E-state index is 0.0195. The van der Waals surface area contributed by atoms with E-state index in [9.17, 15) is 14.7 Å². The van der Waals surface area contributed by atoms with Gasteiger partial charge in [0.15, 0.2) is 5.82 Å². The van der Waals surface area contributed by atoms with Crippen LogP contribution in [0.3, 0.4) is 0 Å². The van der Waals surface area contributed by atoms with E-state index in [2.05, 4.69) is 46.5 Å². The predicted octanol–water partition coefficient (Wildman–Crippen LogP) is 7.71. The van der Waals surface area contributed by atoms with Gasteiger partial charge in [-0.1, -0.05) is 61.9 Å². The average molecular weight is 592 g/mol. The number of nitrogens with one attached hydrogen (secondary N) is 1. The number of carboxylic acids is 1. The second-order valence-electron chi connectivity index (χ2n) is 12.0. The first-order valence-electron chi connectivity index (χ1n) is 15.6. The quantitative estimate of drug-likeness (QED) is 0.185. The molecule has 1 aliphatic rings. The van der Waals surface area contributed by atoms with Gasteiger partial charge in [-0.15, -0.1) is 0 Å². The van der Waals surface area contributed by atoms with Crippen molar-refractivity contribution in [2.24, 2.45) is 5.92 Å². The topological polar surface area (TPSA) is 101 Å². The van der Waals surface area contributed by atoms with Gasteiger partial charge in [-0.3, -0.25) is 4.79 Å². The summed E-state index contributed by atoms with van der Waals surface area (Å²) in [5, 5.41) is 12.4. The van der Waals surface area contributed by atoms with Gasteiger partial charge in [0, 0.05) is 35.5 Å². The van der Waals surface area contributed by atoms with E-state index in [4.69, 9.17) is 4.74 Å². The highest BCUT2D eigenvalue weighted by molar-refractivity contribution is 5.96. The first kappa shape index (κ1) is 30.9. The molecule has 44 heavy (non-hydrogen) atoms. The molecule has 4 aromatic rings. The van der Waals surface area contributed by atoms with Gasteiger partial charge in [-0.25, -0.2) is 14.8 Å². The lowest BCUT2D eigenvalue weighted by Crippen LogP contribution is -2.42.